The van der Waals surface area contributed by atoms with Crippen molar-refractivity contribution in [2.75, 3.05) is 13.2 Å². The summed E-state index contributed by atoms with van der Waals surface area (Å²) in [6.07, 6.45) is -3.31. The van der Waals surface area contributed by atoms with Gasteiger partial charge in [0.15, 0.2) is 17.6 Å². The largest absolute Gasteiger partial charge is 0.508 e. The molecule has 0 aliphatic carbocycles. The first-order valence-corrected chi connectivity index (χ1v) is 7.57. The van der Waals surface area contributed by atoms with Gasteiger partial charge in [-0.3, -0.25) is 0 Å². The van der Waals surface area contributed by atoms with Gasteiger partial charge in [0.1, 0.15) is 29.5 Å². The molecule has 1 heterocycles. The Kier molecular flexibility index (Phi) is 4.58. The van der Waals surface area contributed by atoms with Crippen LogP contribution in [-0.2, 0) is 4.74 Å². The van der Waals surface area contributed by atoms with Crippen LogP contribution in [0.4, 0.5) is 0 Å². The standard InChI is InChI=1S/C17H18O8/c18-3-4-24-17-14-12(22)6-9(19)7-13(14)25-16(15(17)23)8-1-2-10(20)11(21)5-8/h1-2,5-7,15-23H,3-4H2. The smallest absolute Gasteiger partial charge is 0.157 e. The van der Waals surface area contributed by atoms with Crippen LogP contribution in [-0.4, -0.2) is 50.0 Å². The monoisotopic (exact) mass is 350 g/mol. The van der Waals surface area contributed by atoms with Gasteiger partial charge in [0.2, 0.25) is 0 Å². The number of phenols is 4. The molecule has 8 heteroatoms. The molecule has 0 saturated carbocycles. The second-order valence-electron chi connectivity index (χ2n) is 5.67. The molecule has 3 atom stereocenters. The van der Waals surface area contributed by atoms with Gasteiger partial charge in [-0.1, -0.05) is 6.07 Å². The zero-order chi connectivity index (χ0) is 18.1. The van der Waals surface area contributed by atoms with Crippen molar-refractivity contribution in [3.05, 3.63) is 41.5 Å². The minimum absolute atomic E-state index is 0.0883. The third kappa shape index (κ3) is 3.14. The van der Waals surface area contributed by atoms with Crippen molar-refractivity contribution in [2.24, 2.45) is 0 Å². The summed E-state index contributed by atoms with van der Waals surface area (Å²) in [5.41, 5.74) is 0.506. The van der Waals surface area contributed by atoms with Gasteiger partial charge in [0.05, 0.1) is 18.8 Å². The Hall–Kier alpha value is -2.68. The van der Waals surface area contributed by atoms with Gasteiger partial charge in [0.25, 0.3) is 0 Å². The molecule has 0 amide bonds. The van der Waals surface area contributed by atoms with Crippen LogP contribution < -0.4 is 4.74 Å². The maximum absolute atomic E-state index is 10.7. The lowest BCUT2D eigenvalue weighted by atomic mass is 9.91. The fraction of sp³-hybridized carbons (Fsp3) is 0.294. The zero-order valence-electron chi connectivity index (χ0n) is 13.0. The van der Waals surface area contributed by atoms with Crippen LogP contribution in [0.3, 0.4) is 0 Å². The van der Waals surface area contributed by atoms with E-state index in [4.69, 9.17) is 14.6 Å². The molecule has 0 radical (unpaired) electrons. The summed E-state index contributed by atoms with van der Waals surface area (Å²) in [6, 6.07) is 6.31. The van der Waals surface area contributed by atoms with E-state index in [-0.39, 0.29) is 47.5 Å². The Morgan fingerprint density at radius 3 is 2.40 bits per heavy atom. The normalized spacial score (nSPS) is 22.2. The average Bonchev–Trinajstić information content (AvgIpc) is 2.56. The number of phenolic OH excluding ortho intramolecular Hbond substituents is 4. The molecule has 0 aromatic heterocycles. The second-order valence-corrected chi connectivity index (χ2v) is 5.67. The van der Waals surface area contributed by atoms with Crippen LogP contribution >= 0.6 is 0 Å². The van der Waals surface area contributed by atoms with Crippen LogP contribution in [0, 0.1) is 0 Å². The Morgan fingerprint density at radius 1 is 0.960 bits per heavy atom. The van der Waals surface area contributed by atoms with Crippen molar-refractivity contribution in [3.63, 3.8) is 0 Å². The summed E-state index contributed by atoms with van der Waals surface area (Å²) in [5, 5.41) is 58.5. The van der Waals surface area contributed by atoms with Gasteiger partial charge >= 0.3 is 0 Å². The molecule has 8 nitrogen and oxygen atoms in total. The SMILES string of the molecule is OCCOC1c2c(O)cc(O)cc2OC(c2ccc(O)c(O)c2)C1O. The number of rotatable bonds is 4. The molecule has 134 valence electrons. The summed E-state index contributed by atoms with van der Waals surface area (Å²) < 4.78 is 11.2. The average molecular weight is 350 g/mol. The Bertz CT molecular complexity index is 775. The van der Waals surface area contributed by atoms with Gasteiger partial charge in [0, 0.05) is 12.1 Å². The van der Waals surface area contributed by atoms with Crippen LogP contribution in [0.25, 0.3) is 0 Å². The van der Waals surface area contributed by atoms with Crippen LogP contribution in [0.1, 0.15) is 23.3 Å². The van der Waals surface area contributed by atoms with E-state index in [1.165, 1.54) is 24.3 Å². The van der Waals surface area contributed by atoms with Gasteiger partial charge < -0.3 is 40.1 Å². The molecule has 6 N–H and O–H groups in total. The van der Waals surface area contributed by atoms with Crippen molar-refractivity contribution >= 4 is 0 Å². The highest BCUT2D eigenvalue weighted by Gasteiger charge is 2.41. The molecule has 0 fully saturated rings. The van der Waals surface area contributed by atoms with Crippen molar-refractivity contribution in [1.82, 2.24) is 0 Å². The predicted octanol–water partition coefficient (Wildman–Crippen LogP) is 1.05. The number of hydrogen-bond donors (Lipinski definition) is 6. The minimum atomic E-state index is -1.28. The van der Waals surface area contributed by atoms with E-state index in [1.807, 2.05) is 0 Å². The van der Waals surface area contributed by atoms with E-state index in [0.717, 1.165) is 6.07 Å². The number of benzene rings is 2. The molecule has 3 rings (SSSR count). The fourth-order valence-corrected chi connectivity index (χ4v) is 2.86. The number of aliphatic hydroxyl groups is 2. The number of fused-ring (bicyclic) bond motifs is 1. The molecule has 3 unspecified atom stereocenters. The van der Waals surface area contributed by atoms with Gasteiger partial charge in [-0.2, -0.15) is 0 Å². The topological polar surface area (TPSA) is 140 Å². The van der Waals surface area contributed by atoms with Crippen molar-refractivity contribution in [2.45, 2.75) is 18.3 Å². The maximum atomic E-state index is 10.7. The summed E-state index contributed by atoms with van der Waals surface area (Å²) >= 11 is 0. The van der Waals surface area contributed by atoms with Gasteiger partial charge in [-0.05, 0) is 17.7 Å². The fourth-order valence-electron chi connectivity index (χ4n) is 2.86. The molecular formula is C17H18O8. The summed E-state index contributed by atoms with van der Waals surface area (Å²) in [5.74, 6) is -1.16. The van der Waals surface area contributed by atoms with E-state index in [2.05, 4.69) is 0 Å². The molecule has 0 saturated heterocycles. The zero-order valence-corrected chi connectivity index (χ0v) is 13.0. The van der Waals surface area contributed by atoms with Gasteiger partial charge in [-0.25, -0.2) is 0 Å². The Morgan fingerprint density at radius 2 is 1.72 bits per heavy atom. The molecule has 2 aromatic rings. The van der Waals surface area contributed by atoms with Crippen molar-refractivity contribution < 1.29 is 40.1 Å². The van der Waals surface area contributed by atoms with E-state index in [0.29, 0.717) is 5.56 Å². The first-order valence-electron chi connectivity index (χ1n) is 7.57. The lowest BCUT2D eigenvalue weighted by Crippen LogP contribution is -2.36. The highest BCUT2D eigenvalue weighted by atomic mass is 16.5. The highest BCUT2D eigenvalue weighted by molar-refractivity contribution is 5.53. The van der Waals surface area contributed by atoms with Gasteiger partial charge in [-0.15, -0.1) is 0 Å². The number of ether oxygens (including phenoxy) is 2. The maximum Gasteiger partial charge on any atom is 0.157 e. The first kappa shape index (κ1) is 17.2. The molecule has 1 aliphatic heterocycles. The first-order chi connectivity index (χ1) is 11.9. The van der Waals surface area contributed by atoms with Crippen LogP contribution in [0.2, 0.25) is 0 Å². The van der Waals surface area contributed by atoms with Crippen molar-refractivity contribution in [1.29, 1.82) is 0 Å². The third-order valence-corrected chi connectivity index (χ3v) is 3.98. The Balaban J connectivity index is 2.06. The lowest BCUT2D eigenvalue weighted by Gasteiger charge is -2.37. The van der Waals surface area contributed by atoms with Crippen molar-refractivity contribution in [3.8, 4) is 28.7 Å². The van der Waals surface area contributed by atoms with E-state index in [1.54, 1.807) is 0 Å². The van der Waals surface area contributed by atoms with Crippen LogP contribution in [0.5, 0.6) is 28.7 Å². The Labute approximate surface area is 142 Å². The summed E-state index contributed by atoms with van der Waals surface area (Å²) in [4.78, 5) is 0. The molecule has 1 aliphatic rings. The molecule has 0 spiro atoms. The number of aromatic hydroxyl groups is 4. The quantitative estimate of drug-likeness (QED) is 0.450. The third-order valence-electron chi connectivity index (χ3n) is 3.98. The predicted molar refractivity (Wildman–Crippen MR) is 84.7 cm³/mol. The summed E-state index contributed by atoms with van der Waals surface area (Å²) in [6.45, 7) is -0.377. The van der Waals surface area contributed by atoms with Crippen LogP contribution in [0.15, 0.2) is 30.3 Å². The van der Waals surface area contributed by atoms with E-state index in [9.17, 15) is 25.5 Å². The lowest BCUT2D eigenvalue weighted by molar-refractivity contribution is -0.108. The van der Waals surface area contributed by atoms with E-state index < -0.39 is 18.3 Å². The molecule has 25 heavy (non-hydrogen) atoms. The summed E-state index contributed by atoms with van der Waals surface area (Å²) in [7, 11) is 0. The minimum Gasteiger partial charge on any atom is -0.508 e. The molecular weight excluding hydrogens is 332 g/mol. The number of hydrogen-bond acceptors (Lipinski definition) is 8. The molecule has 0 bridgehead atoms. The highest BCUT2D eigenvalue weighted by Crippen LogP contribution is 2.48. The van der Waals surface area contributed by atoms with E-state index >= 15 is 0 Å². The number of aliphatic hydroxyl groups excluding tert-OH is 2. The molecule has 2 aromatic carbocycles. The second kappa shape index (κ2) is 6.67.